The monoisotopic (exact) mass is 132 g/mol. The van der Waals surface area contributed by atoms with Gasteiger partial charge in [-0.15, -0.1) is 0 Å². The van der Waals surface area contributed by atoms with Crippen LogP contribution in [0.3, 0.4) is 0 Å². The standard InChI is InChI=1S/C4H5ClN2O/c1-8-7-4(5)2-3-6/h2H2,1H3/b7-4-. The van der Waals surface area contributed by atoms with E-state index in [-0.39, 0.29) is 11.6 Å². The minimum atomic E-state index is 0.107. The van der Waals surface area contributed by atoms with Gasteiger partial charge in [0.15, 0.2) is 5.17 Å². The normalized spacial score (nSPS) is 10.4. The van der Waals surface area contributed by atoms with E-state index in [9.17, 15) is 0 Å². The zero-order valence-electron chi connectivity index (χ0n) is 4.39. The van der Waals surface area contributed by atoms with E-state index in [4.69, 9.17) is 16.9 Å². The molecule has 0 fully saturated rings. The number of hydrogen-bond donors (Lipinski definition) is 0. The van der Waals surface area contributed by atoms with Gasteiger partial charge < -0.3 is 4.84 Å². The van der Waals surface area contributed by atoms with E-state index in [0.29, 0.717) is 0 Å². The van der Waals surface area contributed by atoms with Crippen molar-refractivity contribution in [3.8, 4) is 6.07 Å². The molecule has 3 nitrogen and oxygen atoms in total. The first kappa shape index (κ1) is 7.25. The molecular formula is C4H5ClN2O. The van der Waals surface area contributed by atoms with Gasteiger partial charge in [0, 0.05) is 0 Å². The summed E-state index contributed by atoms with van der Waals surface area (Å²) in [4.78, 5) is 4.26. The molecule has 0 aromatic rings. The zero-order chi connectivity index (χ0) is 6.41. The van der Waals surface area contributed by atoms with Crippen LogP contribution >= 0.6 is 11.6 Å². The molecule has 0 aliphatic carbocycles. The van der Waals surface area contributed by atoms with E-state index in [1.807, 2.05) is 6.07 Å². The fourth-order valence-electron chi connectivity index (χ4n) is 0.197. The Labute approximate surface area is 52.5 Å². The Hall–Kier alpha value is -0.750. The summed E-state index contributed by atoms with van der Waals surface area (Å²) < 4.78 is 0. The van der Waals surface area contributed by atoms with Crippen molar-refractivity contribution >= 4 is 16.8 Å². The van der Waals surface area contributed by atoms with Gasteiger partial charge in [-0.25, -0.2) is 0 Å². The predicted molar refractivity (Wildman–Crippen MR) is 30.5 cm³/mol. The van der Waals surface area contributed by atoms with Crippen LogP contribution in [0.4, 0.5) is 0 Å². The quantitative estimate of drug-likeness (QED) is 0.417. The van der Waals surface area contributed by atoms with E-state index in [2.05, 4.69) is 9.99 Å². The Kier molecular flexibility index (Phi) is 4.00. The predicted octanol–water partition coefficient (Wildman–Crippen LogP) is 1.10. The third kappa shape index (κ3) is 3.44. The molecule has 0 unspecified atom stereocenters. The van der Waals surface area contributed by atoms with Crippen LogP contribution in [0.2, 0.25) is 0 Å². The molecule has 0 atom stereocenters. The number of halogens is 1. The van der Waals surface area contributed by atoms with E-state index < -0.39 is 0 Å². The van der Waals surface area contributed by atoms with Crippen LogP contribution in [0.5, 0.6) is 0 Å². The number of nitriles is 1. The van der Waals surface area contributed by atoms with Gasteiger partial charge in [0.2, 0.25) is 0 Å². The van der Waals surface area contributed by atoms with Crippen LogP contribution in [-0.4, -0.2) is 12.3 Å². The van der Waals surface area contributed by atoms with Gasteiger partial charge >= 0.3 is 0 Å². The largest absolute Gasteiger partial charge is 0.398 e. The van der Waals surface area contributed by atoms with Gasteiger partial charge in [-0.2, -0.15) is 5.26 Å². The first-order valence-corrected chi connectivity index (χ1v) is 2.31. The van der Waals surface area contributed by atoms with Crippen LogP contribution < -0.4 is 0 Å². The van der Waals surface area contributed by atoms with Crippen LogP contribution in [0.25, 0.3) is 0 Å². The van der Waals surface area contributed by atoms with Crippen molar-refractivity contribution in [2.45, 2.75) is 6.42 Å². The molecule has 0 heterocycles. The molecule has 44 valence electrons. The molecule has 0 bridgehead atoms. The minimum absolute atomic E-state index is 0.107. The summed E-state index contributed by atoms with van der Waals surface area (Å²) in [5.41, 5.74) is 0. The topological polar surface area (TPSA) is 45.4 Å². The first-order valence-electron chi connectivity index (χ1n) is 1.93. The lowest BCUT2D eigenvalue weighted by Gasteiger charge is -1.85. The summed E-state index contributed by atoms with van der Waals surface area (Å²) >= 11 is 5.28. The van der Waals surface area contributed by atoms with E-state index in [0.717, 1.165) is 0 Å². The second kappa shape index (κ2) is 4.41. The van der Waals surface area contributed by atoms with Gasteiger partial charge in [0.1, 0.15) is 7.11 Å². The van der Waals surface area contributed by atoms with Crippen molar-refractivity contribution in [1.82, 2.24) is 0 Å². The Morgan fingerprint density at radius 1 is 2.00 bits per heavy atom. The van der Waals surface area contributed by atoms with Crippen molar-refractivity contribution in [3.63, 3.8) is 0 Å². The molecule has 0 saturated heterocycles. The van der Waals surface area contributed by atoms with Crippen molar-refractivity contribution in [2.75, 3.05) is 7.11 Å². The van der Waals surface area contributed by atoms with Gasteiger partial charge in [-0.05, 0) is 0 Å². The highest BCUT2D eigenvalue weighted by molar-refractivity contribution is 6.65. The SMILES string of the molecule is CO/N=C(\Cl)CC#N. The van der Waals surface area contributed by atoms with Gasteiger partial charge in [-0.3, -0.25) is 0 Å². The average molecular weight is 133 g/mol. The highest BCUT2D eigenvalue weighted by Gasteiger charge is 1.88. The Bertz CT molecular complexity index is 126. The summed E-state index contributed by atoms with van der Waals surface area (Å²) in [6.07, 6.45) is 0.107. The maximum atomic E-state index is 7.99. The molecule has 0 aromatic carbocycles. The Morgan fingerprint density at radius 2 is 2.62 bits per heavy atom. The maximum absolute atomic E-state index is 7.99. The third-order valence-corrected chi connectivity index (χ3v) is 0.618. The zero-order valence-corrected chi connectivity index (χ0v) is 5.14. The Morgan fingerprint density at radius 3 is 3.00 bits per heavy atom. The fraction of sp³-hybridized carbons (Fsp3) is 0.500. The van der Waals surface area contributed by atoms with Crippen molar-refractivity contribution in [2.24, 2.45) is 5.16 Å². The summed E-state index contributed by atoms with van der Waals surface area (Å²) in [7, 11) is 1.37. The Balaban J connectivity index is 3.49. The molecule has 0 saturated carbocycles. The summed E-state index contributed by atoms with van der Waals surface area (Å²) in [5.74, 6) is 0. The van der Waals surface area contributed by atoms with E-state index >= 15 is 0 Å². The summed E-state index contributed by atoms with van der Waals surface area (Å²) in [6, 6.07) is 1.81. The third-order valence-electron chi connectivity index (χ3n) is 0.415. The second-order valence-electron chi connectivity index (χ2n) is 0.985. The maximum Gasteiger partial charge on any atom is 0.159 e. The van der Waals surface area contributed by atoms with Crippen LogP contribution in [0.1, 0.15) is 6.42 Å². The fourth-order valence-corrected chi connectivity index (χ4v) is 0.325. The molecule has 4 heteroatoms. The molecule has 0 N–H and O–H groups in total. The lowest BCUT2D eigenvalue weighted by molar-refractivity contribution is 0.214. The molecule has 0 radical (unpaired) electrons. The molecule has 0 rings (SSSR count). The average Bonchev–Trinajstić information content (AvgIpc) is 1.68. The van der Waals surface area contributed by atoms with Gasteiger partial charge in [0.05, 0.1) is 12.5 Å². The summed E-state index contributed by atoms with van der Waals surface area (Å²) in [6.45, 7) is 0. The molecule has 0 amide bonds. The molecular weight excluding hydrogens is 128 g/mol. The number of rotatable bonds is 2. The van der Waals surface area contributed by atoms with Crippen LogP contribution in [-0.2, 0) is 4.84 Å². The molecule has 0 aromatic heterocycles. The highest BCUT2D eigenvalue weighted by atomic mass is 35.5. The first-order chi connectivity index (χ1) is 3.81. The number of nitrogens with zero attached hydrogens (tertiary/aromatic N) is 2. The number of oxime groups is 1. The minimum Gasteiger partial charge on any atom is -0.398 e. The molecule has 0 aliphatic heterocycles. The van der Waals surface area contributed by atoms with E-state index in [1.54, 1.807) is 0 Å². The van der Waals surface area contributed by atoms with Crippen molar-refractivity contribution in [3.05, 3.63) is 0 Å². The molecule has 0 aliphatic rings. The highest BCUT2D eigenvalue weighted by Crippen LogP contribution is 1.90. The van der Waals surface area contributed by atoms with Gasteiger partial charge in [-0.1, -0.05) is 16.8 Å². The molecule has 0 spiro atoms. The van der Waals surface area contributed by atoms with Crippen LogP contribution in [0.15, 0.2) is 5.16 Å². The lowest BCUT2D eigenvalue weighted by atomic mass is 10.5. The number of hydrogen-bond acceptors (Lipinski definition) is 3. The van der Waals surface area contributed by atoms with Gasteiger partial charge in [0.25, 0.3) is 0 Å². The molecule has 8 heavy (non-hydrogen) atoms. The van der Waals surface area contributed by atoms with Crippen molar-refractivity contribution in [1.29, 1.82) is 5.26 Å². The smallest absolute Gasteiger partial charge is 0.159 e. The summed E-state index contributed by atoms with van der Waals surface area (Å²) in [5, 5.41) is 11.4. The van der Waals surface area contributed by atoms with Crippen molar-refractivity contribution < 1.29 is 4.84 Å². The lowest BCUT2D eigenvalue weighted by Crippen LogP contribution is -1.83. The second-order valence-corrected chi connectivity index (χ2v) is 1.42. The van der Waals surface area contributed by atoms with E-state index in [1.165, 1.54) is 7.11 Å². The van der Waals surface area contributed by atoms with Crippen LogP contribution in [0, 0.1) is 11.3 Å².